The average Bonchev–Trinajstić information content (AvgIpc) is 2.65. The molecular formula is C20H20N2O5S. The lowest BCUT2D eigenvalue weighted by molar-refractivity contribution is 0.0950. The van der Waals surface area contributed by atoms with Crippen molar-refractivity contribution in [3.05, 3.63) is 70.6 Å². The number of para-hydroxylation sites is 1. The van der Waals surface area contributed by atoms with Gasteiger partial charge in [-0.2, -0.15) is 0 Å². The Labute approximate surface area is 162 Å². The van der Waals surface area contributed by atoms with E-state index in [0.717, 1.165) is 0 Å². The minimum absolute atomic E-state index is 0.00811. The summed E-state index contributed by atoms with van der Waals surface area (Å²) < 4.78 is 33.1. The van der Waals surface area contributed by atoms with Crippen LogP contribution in [0.15, 0.2) is 68.7 Å². The third-order valence-corrected chi connectivity index (χ3v) is 5.35. The van der Waals surface area contributed by atoms with Crippen molar-refractivity contribution < 1.29 is 17.6 Å². The molecule has 3 aromatic rings. The second-order valence-electron chi connectivity index (χ2n) is 6.71. The van der Waals surface area contributed by atoms with E-state index in [4.69, 9.17) is 4.42 Å². The number of amides is 1. The van der Waals surface area contributed by atoms with Gasteiger partial charge in [-0.05, 0) is 42.3 Å². The molecule has 3 rings (SSSR count). The van der Waals surface area contributed by atoms with E-state index in [2.05, 4.69) is 10.0 Å². The van der Waals surface area contributed by atoms with Crippen LogP contribution in [0.2, 0.25) is 0 Å². The van der Waals surface area contributed by atoms with E-state index in [0.29, 0.717) is 17.5 Å². The smallest absolute Gasteiger partial charge is 0.336 e. The molecule has 2 aromatic carbocycles. The van der Waals surface area contributed by atoms with Gasteiger partial charge in [-0.1, -0.05) is 26.0 Å². The molecule has 2 N–H and O–H groups in total. The predicted octanol–water partition coefficient (Wildman–Crippen LogP) is 2.98. The summed E-state index contributed by atoms with van der Waals surface area (Å²) >= 11 is 0. The van der Waals surface area contributed by atoms with E-state index in [-0.39, 0.29) is 28.0 Å². The van der Waals surface area contributed by atoms with Gasteiger partial charge in [0.15, 0.2) is 0 Å². The van der Waals surface area contributed by atoms with Crippen LogP contribution in [0, 0.1) is 5.92 Å². The van der Waals surface area contributed by atoms with Gasteiger partial charge < -0.3 is 9.73 Å². The summed E-state index contributed by atoms with van der Waals surface area (Å²) in [5.41, 5.74) is 0.199. The van der Waals surface area contributed by atoms with E-state index >= 15 is 0 Å². The summed E-state index contributed by atoms with van der Waals surface area (Å²) in [5.74, 6) is -0.0854. The standard InChI is InChI=1S/C20H20N2O5S/c1-13(2)12-21-20(24)16-5-3-4-6-17(16)22-28(25,26)15-8-9-18-14(11-15)7-10-19(23)27-18/h3-11,13,22H,12H2,1-2H3,(H,21,24). The Bertz CT molecular complexity index is 1180. The highest BCUT2D eigenvalue weighted by atomic mass is 32.2. The quantitative estimate of drug-likeness (QED) is 0.619. The van der Waals surface area contributed by atoms with Crippen molar-refractivity contribution in [2.75, 3.05) is 11.3 Å². The van der Waals surface area contributed by atoms with Crippen LogP contribution >= 0.6 is 0 Å². The second-order valence-corrected chi connectivity index (χ2v) is 8.39. The van der Waals surface area contributed by atoms with Gasteiger partial charge in [-0.25, -0.2) is 13.2 Å². The molecule has 0 spiro atoms. The number of fused-ring (bicyclic) bond motifs is 1. The summed E-state index contributed by atoms with van der Waals surface area (Å²) in [6, 6.07) is 13.3. The fourth-order valence-corrected chi connectivity index (χ4v) is 3.70. The third kappa shape index (κ3) is 4.40. The van der Waals surface area contributed by atoms with Gasteiger partial charge in [-0.15, -0.1) is 0 Å². The molecule has 0 aliphatic rings. The molecule has 0 aliphatic heterocycles. The molecule has 1 aromatic heterocycles. The van der Waals surface area contributed by atoms with Crippen LogP contribution in [-0.2, 0) is 10.0 Å². The first-order valence-corrected chi connectivity index (χ1v) is 10.2. The Morgan fingerprint density at radius 3 is 2.57 bits per heavy atom. The van der Waals surface area contributed by atoms with E-state index in [1.165, 1.54) is 36.4 Å². The highest BCUT2D eigenvalue weighted by Gasteiger charge is 2.19. The van der Waals surface area contributed by atoms with E-state index in [1.807, 2.05) is 13.8 Å². The minimum Gasteiger partial charge on any atom is -0.423 e. The SMILES string of the molecule is CC(C)CNC(=O)c1ccccc1NS(=O)(=O)c1ccc2oc(=O)ccc2c1. The molecule has 1 amide bonds. The number of sulfonamides is 1. The van der Waals surface area contributed by atoms with Gasteiger partial charge in [0.1, 0.15) is 5.58 Å². The number of anilines is 1. The van der Waals surface area contributed by atoms with Gasteiger partial charge in [0.25, 0.3) is 15.9 Å². The van der Waals surface area contributed by atoms with Crippen molar-refractivity contribution >= 4 is 32.6 Å². The lowest BCUT2D eigenvalue weighted by Gasteiger charge is -2.14. The normalized spacial score (nSPS) is 11.5. The largest absolute Gasteiger partial charge is 0.423 e. The zero-order chi connectivity index (χ0) is 20.3. The van der Waals surface area contributed by atoms with Crippen LogP contribution in [0.3, 0.4) is 0 Å². The number of carbonyl (C=O) groups excluding carboxylic acids is 1. The molecule has 1 heterocycles. The average molecular weight is 400 g/mol. The summed E-state index contributed by atoms with van der Waals surface area (Å²) in [7, 11) is -3.95. The van der Waals surface area contributed by atoms with Crippen LogP contribution in [-0.4, -0.2) is 20.9 Å². The molecule has 0 saturated heterocycles. The van der Waals surface area contributed by atoms with Crippen LogP contribution in [0.1, 0.15) is 24.2 Å². The number of nitrogens with one attached hydrogen (secondary N) is 2. The Balaban J connectivity index is 1.92. The van der Waals surface area contributed by atoms with Gasteiger partial charge in [-0.3, -0.25) is 9.52 Å². The molecule has 0 aliphatic carbocycles. The lowest BCUT2D eigenvalue weighted by Crippen LogP contribution is -2.28. The number of carbonyl (C=O) groups is 1. The maximum absolute atomic E-state index is 12.8. The molecule has 0 saturated carbocycles. The zero-order valence-corrected chi connectivity index (χ0v) is 16.2. The second kappa shape index (κ2) is 7.85. The summed E-state index contributed by atoms with van der Waals surface area (Å²) in [6.45, 7) is 4.42. The summed E-state index contributed by atoms with van der Waals surface area (Å²) in [5, 5.41) is 3.26. The first-order valence-electron chi connectivity index (χ1n) is 8.70. The fourth-order valence-electron chi connectivity index (χ4n) is 2.58. The molecule has 0 bridgehead atoms. The summed E-state index contributed by atoms with van der Waals surface area (Å²) in [4.78, 5) is 23.7. The van der Waals surface area contributed by atoms with E-state index in [1.54, 1.807) is 18.2 Å². The van der Waals surface area contributed by atoms with Crippen molar-refractivity contribution in [2.45, 2.75) is 18.7 Å². The highest BCUT2D eigenvalue weighted by molar-refractivity contribution is 7.92. The van der Waals surface area contributed by atoms with Crippen molar-refractivity contribution in [3.8, 4) is 0 Å². The van der Waals surface area contributed by atoms with E-state index in [9.17, 15) is 18.0 Å². The number of hydrogen-bond acceptors (Lipinski definition) is 5. The van der Waals surface area contributed by atoms with Crippen LogP contribution in [0.25, 0.3) is 11.0 Å². The lowest BCUT2D eigenvalue weighted by atomic mass is 10.1. The molecule has 0 unspecified atom stereocenters. The molecule has 146 valence electrons. The van der Waals surface area contributed by atoms with Crippen molar-refractivity contribution in [1.29, 1.82) is 0 Å². The topological polar surface area (TPSA) is 105 Å². The number of rotatable bonds is 6. The zero-order valence-electron chi connectivity index (χ0n) is 15.4. The molecular weight excluding hydrogens is 380 g/mol. The van der Waals surface area contributed by atoms with Crippen LogP contribution in [0.4, 0.5) is 5.69 Å². The Kier molecular flexibility index (Phi) is 5.51. The van der Waals surface area contributed by atoms with Crippen molar-refractivity contribution in [2.24, 2.45) is 5.92 Å². The van der Waals surface area contributed by atoms with E-state index < -0.39 is 15.6 Å². The van der Waals surface area contributed by atoms with Crippen LogP contribution < -0.4 is 15.7 Å². The predicted molar refractivity (Wildman–Crippen MR) is 107 cm³/mol. The Hall–Kier alpha value is -3.13. The highest BCUT2D eigenvalue weighted by Crippen LogP contribution is 2.23. The first kappa shape index (κ1) is 19.6. The third-order valence-electron chi connectivity index (χ3n) is 3.99. The van der Waals surface area contributed by atoms with Gasteiger partial charge >= 0.3 is 5.63 Å². The molecule has 0 atom stereocenters. The minimum atomic E-state index is -3.95. The van der Waals surface area contributed by atoms with Crippen molar-refractivity contribution in [1.82, 2.24) is 5.32 Å². The van der Waals surface area contributed by atoms with Gasteiger partial charge in [0.2, 0.25) is 0 Å². The van der Waals surface area contributed by atoms with Crippen molar-refractivity contribution in [3.63, 3.8) is 0 Å². The van der Waals surface area contributed by atoms with Gasteiger partial charge in [0, 0.05) is 18.0 Å². The first-order chi connectivity index (χ1) is 13.3. The van der Waals surface area contributed by atoms with Gasteiger partial charge in [0.05, 0.1) is 16.1 Å². The number of hydrogen-bond donors (Lipinski definition) is 2. The molecule has 8 heteroatoms. The maximum atomic E-state index is 12.8. The Morgan fingerprint density at radius 2 is 1.82 bits per heavy atom. The molecule has 7 nitrogen and oxygen atoms in total. The molecule has 0 fully saturated rings. The molecule has 0 radical (unpaired) electrons. The fraction of sp³-hybridized carbons (Fsp3) is 0.200. The monoisotopic (exact) mass is 400 g/mol. The molecule has 28 heavy (non-hydrogen) atoms. The summed E-state index contributed by atoms with van der Waals surface area (Å²) in [6.07, 6.45) is 0. The maximum Gasteiger partial charge on any atom is 0.336 e. The Morgan fingerprint density at radius 1 is 1.07 bits per heavy atom. The van der Waals surface area contributed by atoms with Crippen LogP contribution in [0.5, 0.6) is 0 Å². The number of benzene rings is 2.